The number of benzene rings is 2. The fourth-order valence-corrected chi connectivity index (χ4v) is 5.00. The zero-order valence-corrected chi connectivity index (χ0v) is 20.6. The molecular weight excluding hydrogens is 428 g/mol. The van der Waals surface area contributed by atoms with Gasteiger partial charge >= 0.3 is 5.97 Å². The van der Waals surface area contributed by atoms with Gasteiger partial charge in [-0.3, -0.25) is 0 Å². The topological polar surface area (TPSA) is 54.0 Å². The highest BCUT2D eigenvalue weighted by molar-refractivity contribution is 5.91. The van der Waals surface area contributed by atoms with E-state index in [2.05, 4.69) is 26.0 Å². The van der Waals surface area contributed by atoms with Crippen molar-refractivity contribution in [2.45, 2.75) is 64.7 Å². The summed E-state index contributed by atoms with van der Waals surface area (Å²) >= 11 is 0. The third kappa shape index (κ3) is 6.39. The van der Waals surface area contributed by atoms with Crippen molar-refractivity contribution in [3.8, 4) is 11.5 Å². The van der Waals surface area contributed by atoms with Crippen molar-refractivity contribution < 1.29 is 23.7 Å². The minimum Gasteiger partial charge on any atom is -0.468 e. The second-order valence-corrected chi connectivity index (χ2v) is 9.95. The molecule has 5 nitrogen and oxygen atoms in total. The van der Waals surface area contributed by atoms with Crippen molar-refractivity contribution in [1.82, 2.24) is 0 Å². The van der Waals surface area contributed by atoms with Crippen LogP contribution < -0.4 is 9.47 Å². The van der Waals surface area contributed by atoms with Gasteiger partial charge in [0.2, 0.25) is 0 Å². The van der Waals surface area contributed by atoms with E-state index in [-0.39, 0.29) is 18.2 Å². The molecule has 0 aromatic heterocycles. The largest absolute Gasteiger partial charge is 0.468 e. The molecule has 1 heterocycles. The maximum atomic E-state index is 12.6. The summed E-state index contributed by atoms with van der Waals surface area (Å²) in [5.41, 5.74) is 2.06. The van der Waals surface area contributed by atoms with Crippen LogP contribution in [0, 0.1) is 11.3 Å². The van der Waals surface area contributed by atoms with Gasteiger partial charge < -0.3 is 18.9 Å². The Hall–Kier alpha value is -2.37. The molecule has 184 valence electrons. The van der Waals surface area contributed by atoms with Gasteiger partial charge in [0.25, 0.3) is 0 Å². The van der Waals surface area contributed by atoms with Crippen molar-refractivity contribution in [2.24, 2.45) is 11.3 Å². The molecule has 34 heavy (non-hydrogen) atoms. The Kier molecular flexibility index (Phi) is 8.63. The van der Waals surface area contributed by atoms with Crippen LogP contribution in [0.1, 0.15) is 80.6 Å². The Morgan fingerprint density at radius 3 is 2.21 bits per heavy atom. The van der Waals surface area contributed by atoms with E-state index >= 15 is 0 Å². The van der Waals surface area contributed by atoms with E-state index < -0.39 is 0 Å². The van der Waals surface area contributed by atoms with Crippen LogP contribution in [0.15, 0.2) is 48.5 Å². The molecule has 5 heteroatoms. The average molecular weight is 467 g/mol. The third-order valence-corrected chi connectivity index (χ3v) is 7.48. The molecule has 2 aromatic carbocycles. The van der Waals surface area contributed by atoms with Gasteiger partial charge in [-0.1, -0.05) is 38.8 Å². The molecule has 4 rings (SSSR count). The Morgan fingerprint density at radius 2 is 1.62 bits per heavy atom. The van der Waals surface area contributed by atoms with Gasteiger partial charge in [0.1, 0.15) is 11.5 Å². The first-order chi connectivity index (χ1) is 16.6. The van der Waals surface area contributed by atoms with Crippen LogP contribution in [0.3, 0.4) is 0 Å². The lowest BCUT2D eigenvalue weighted by atomic mass is 9.77. The Balaban J connectivity index is 1.21. The molecule has 1 saturated carbocycles. The number of rotatable bonds is 11. The standard InChI is InChI=1S/C29H38O5/c1-3-5-22-6-8-23(9-7-22)24-10-12-25(13-11-24)28(30)34-27-16-14-26(15-17-27)33-21-32-20-29(4-2)18-31-19-29/h10-17,22-23H,3-9,18-21H2,1-2H3. The van der Waals surface area contributed by atoms with Crippen LogP contribution >= 0.6 is 0 Å². The predicted molar refractivity (Wildman–Crippen MR) is 132 cm³/mol. The smallest absolute Gasteiger partial charge is 0.343 e. The van der Waals surface area contributed by atoms with E-state index in [1.165, 1.54) is 44.1 Å². The fourth-order valence-electron chi connectivity index (χ4n) is 5.00. The summed E-state index contributed by atoms with van der Waals surface area (Å²) < 4.78 is 22.2. The number of hydrogen-bond donors (Lipinski definition) is 0. The molecule has 2 aliphatic rings. The molecule has 2 aromatic rings. The lowest BCUT2D eigenvalue weighted by Crippen LogP contribution is -2.45. The van der Waals surface area contributed by atoms with Crippen molar-refractivity contribution in [1.29, 1.82) is 0 Å². The van der Waals surface area contributed by atoms with Crippen molar-refractivity contribution >= 4 is 5.97 Å². The molecule has 0 bridgehead atoms. The summed E-state index contributed by atoms with van der Waals surface area (Å²) in [6.45, 7) is 6.76. The SMILES string of the molecule is CCCC1CCC(c2ccc(C(=O)Oc3ccc(OCOCC4(CC)COC4)cc3)cc2)CC1. The van der Waals surface area contributed by atoms with Gasteiger partial charge in [0.15, 0.2) is 6.79 Å². The van der Waals surface area contributed by atoms with Gasteiger partial charge in [0.05, 0.1) is 25.4 Å². The van der Waals surface area contributed by atoms with Crippen LogP contribution in [-0.4, -0.2) is 32.6 Å². The van der Waals surface area contributed by atoms with Crippen LogP contribution in [0.25, 0.3) is 0 Å². The molecule has 1 saturated heterocycles. The van der Waals surface area contributed by atoms with E-state index in [0.29, 0.717) is 29.6 Å². The van der Waals surface area contributed by atoms with Crippen LogP contribution in [-0.2, 0) is 9.47 Å². The molecule has 1 aliphatic carbocycles. The number of esters is 1. The summed E-state index contributed by atoms with van der Waals surface area (Å²) in [4.78, 5) is 12.6. The number of carbonyl (C=O) groups is 1. The van der Waals surface area contributed by atoms with Gasteiger partial charge in [-0.2, -0.15) is 0 Å². The van der Waals surface area contributed by atoms with Crippen LogP contribution in [0.4, 0.5) is 0 Å². The van der Waals surface area contributed by atoms with E-state index in [0.717, 1.165) is 25.6 Å². The zero-order valence-electron chi connectivity index (χ0n) is 20.6. The summed E-state index contributed by atoms with van der Waals surface area (Å²) in [6.07, 6.45) is 8.82. The highest BCUT2D eigenvalue weighted by Crippen LogP contribution is 2.37. The molecule has 0 amide bonds. The lowest BCUT2D eigenvalue weighted by Gasteiger charge is -2.40. The van der Waals surface area contributed by atoms with Crippen molar-refractivity contribution in [3.05, 3.63) is 59.7 Å². The van der Waals surface area contributed by atoms with E-state index in [9.17, 15) is 4.79 Å². The first kappa shape index (κ1) is 24.7. The van der Waals surface area contributed by atoms with Gasteiger partial charge in [-0.15, -0.1) is 0 Å². The lowest BCUT2D eigenvalue weighted by molar-refractivity contribution is -0.162. The molecule has 0 spiro atoms. The number of carbonyl (C=O) groups excluding carboxylic acids is 1. The predicted octanol–water partition coefficient (Wildman–Crippen LogP) is 6.76. The summed E-state index contributed by atoms with van der Waals surface area (Å²) in [5.74, 6) is 2.34. The highest BCUT2D eigenvalue weighted by atomic mass is 16.7. The van der Waals surface area contributed by atoms with Gasteiger partial charge in [-0.25, -0.2) is 4.79 Å². The highest BCUT2D eigenvalue weighted by Gasteiger charge is 2.37. The molecule has 1 aliphatic heterocycles. The monoisotopic (exact) mass is 466 g/mol. The maximum absolute atomic E-state index is 12.6. The molecule has 2 fully saturated rings. The van der Waals surface area contributed by atoms with Gasteiger partial charge in [0, 0.05) is 5.41 Å². The van der Waals surface area contributed by atoms with Crippen molar-refractivity contribution in [2.75, 3.05) is 26.6 Å². The molecule has 0 unspecified atom stereocenters. The molecule has 0 N–H and O–H groups in total. The van der Waals surface area contributed by atoms with E-state index in [1.54, 1.807) is 24.3 Å². The first-order valence-electron chi connectivity index (χ1n) is 12.8. The number of ether oxygens (including phenoxy) is 4. The Labute approximate surface area is 203 Å². The molecule has 0 radical (unpaired) electrons. The molecule has 0 atom stereocenters. The quantitative estimate of drug-likeness (QED) is 0.158. The van der Waals surface area contributed by atoms with E-state index in [1.807, 2.05) is 12.1 Å². The Morgan fingerprint density at radius 1 is 0.941 bits per heavy atom. The van der Waals surface area contributed by atoms with E-state index in [4.69, 9.17) is 18.9 Å². The third-order valence-electron chi connectivity index (χ3n) is 7.48. The minimum atomic E-state index is -0.345. The summed E-state index contributed by atoms with van der Waals surface area (Å²) in [6, 6.07) is 15.0. The summed E-state index contributed by atoms with van der Waals surface area (Å²) in [5, 5.41) is 0. The second-order valence-electron chi connectivity index (χ2n) is 9.95. The molecular formula is C29H38O5. The van der Waals surface area contributed by atoms with Crippen molar-refractivity contribution in [3.63, 3.8) is 0 Å². The number of hydrogen-bond acceptors (Lipinski definition) is 5. The maximum Gasteiger partial charge on any atom is 0.343 e. The second kappa shape index (κ2) is 11.9. The normalized spacial score (nSPS) is 21.5. The van der Waals surface area contributed by atoms with Crippen LogP contribution in [0.2, 0.25) is 0 Å². The van der Waals surface area contributed by atoms with Gasteiger partial charge in [-0.05, 0) is 85.9 Å². The first-order valence-corrected chi connectivity index (χ1v) is 12.8. The minimum absolute atomic E-state index is 0.147. The van der Waals surface area contributed by atoms with Crippen LogP contribution in [0.5, 0.6) is 11.5 Å². The Bertz CT molecular complexity index is 888. The zero-order chi connectivity index (χ0) is 23.8. The summed E-state index contributed by atoms with van der Waals surface area (Å²) in [7, 11) is 0. The fraction of sp³-hybridized carbons (Fsp3) is 0.552. The average Bonchev–Trinajstić information content (AvgIpc) is 2.85.